The molecule has 2 aromatic carbocycles. The highest BCUT2D eigenvalue weighted by Crippen LogP contribution is 2.22. The molecule has 1 atom stereocenters. The summed E-state index contributed by atoms with van der Waals surface area (Å²) in [4.78, 5) is 14.5. The summed E-state index contributed by atoms with van der Waals surface area (Å²) in [5, 5.41) is 23.6. The highest BCUT2D eigenvalue weighted by Gasteiger charge is 2.16. The molecule has 25 heavy (non-hydrogen) atoms. The Morgan fingerprint density at radius 1 is 1.04 bits per heavy atom. The summed E-state index contributed by atoms with van der Waals surface area (Å²) in [5.74, 6) is 0.387. The van der Waals surface area contributed by atoms with E-state index in [1.165, 1.54) is 4.57 Å². The Balaban J connectivity index is 1.73. The fourth-order valence-electron chi connectivity index (χ4n) is 2.82. The van der Waals surface area contributed by atoms with Gasteiger partial charge in [0.25, 0.3) is 0 Å². The third-order valence-corrected chi connectivity index (χ3v) is 4.21. The van der Waals surface area contributed by atoms with Crippen molar-refractivity contribution in [2.75, 3.05) is 20.6 Å². The number of phenolic OH excluding ortho intramolecular Hbond substituents is 2. The van der Waals surface area contributed by atoms with E-state index in [1.54, 1.807) is 42.7 Å². The van der Waals surface area contributed by atoms with Crippen molar-refractivity contribution < 1.29 is 15.0 Å². The molecule has 0 saturated heterocycles. The van der Waals surface area contributed by atoms with Crippen LogP contribution in [0.25, 0.3) is 10.8 Å². The van der Waals surface area contributed by atoms with E-state index in [4.69, 9.17) is 0 Å². The standard InChI is InChI=1S/C19H21N3O3/c1-21(2)18(13-3-6-16(23)7-4-13)10-20-19(25)22-11-14-5-8-17(24)9-15(14)12-22/h3-9,11-12,18,23-24H,10H2,1-2H3,(H,20,25). The first-order valence-electron chi connectivity index (χ1n) is 7.98. The molecule has 1 unspecified atom stereocenters. The van der Waals surface area contributed by atoms with E-state index in [9.17, 15) is 15.0 Å². The lowest BCUT2D eigenvalue weighted by Crippen LogP contribution is -2.36. The molecule has 3 N–H and O–H groups in total. The first-order valence-corrected chi connectivity index (χ1v) is 7.98. The number of nitrogens with zero attached hydrogens (tertiary/aromatic N) is 2. The van der Waals surface area contributed by atoms with E-state index in [2.05, 4.69) is 5.32 Å². The lowest BCUT2D eigenvalue weighted by atomic mass is 10.1. The van der Waals surface area contributed by atoms with Crippen molar-refractivity contribution in [2.24, 2.45) is 0 Å². The molecule has 0 aliphatic carbocycles. The number of aromatic nitrogens is 1. The molecule has 130 valence electrons. The molecule has 1 amide bonds. The Labute approximate surface area is 145 Å². The van der Waals surface area contributed by atoms with Crippen molar-refractivity contribution in [2.45, 2.75) is 6.04 Å². The van der Waals surface area contributed by atoms with Crippen LogP contribution in [0.4, 0.5) is 4.79 Å². The zero-order valence-electron chi connectivity index (χ0n) is 14.2. The van der Waals surface area contributed by atoms with Crippen LogP contribution in [0.1, 0.15) is 11.6 Å². The van der Waals surface area contributed by atoms with Gasteiger partial charge in [0.2, 0.25) is 0 Å². The monoisotopic (exact) mass is 339 g/mol. The average molecular weight is 339 g/mol. The molecule has 0 aliphatic heterocycles. The molecule has 0 saturated carbocycles. The molecule has 6 heteroatoms. The van der Waals surface area contributed by atoms with Gasteiger partial charge in [-0.2, -0.15) is 0 Å². The topological polar surface area (TPSA) is 77.7 Å². The quantitative estimate of drug-likeness (QED) is 0.683. The minimum atomic E-state index is -0.235. The van der Waals surface area contributed by atoms with Crippen molar-refractivity contribution >= 4 is 16.8 Å². The van der Waals surface area contributed by atoms with Gasteiger partial charge in [0, 0.05) is 29.7 Å². The third kappa shape index (κ3) is 3.75. The summed E-state index contributed by atoms with van der Waals surface area (Å²) < 4.78 is 1.48. The number of fused-ring (bicyclic) bond motifs is 1. The van der Waals surface area contributed by atoms with E-state index in [-0.39, 0.29) is 23.6 Å². The second kappa shape index (κ2) is 6.86. The number of aromatic hydroxyl groups is 2. The second-order valence-electron chi connectivity index (χ2n) is 6.24. The number of hydrogen-bond donors (Lipinski definition) is 3. The molecule has 0 spiro atoms. The van der Waals surface area contributed by atoms with Crippen LogP contribution in [0.15, 0.2) is 54.9 Å². The minimum absolute atomic E-state index is 0.0152. The van der Waals surface area contributed by atoms with Gasteiger partial charge in [-0.15, -0.1) is 0 Å². The number of hydrogen-bond acceptors (Lipinski definition) is 4. The van der Waals surface area contributed by atoms with Crippen molar-refractivity contribution in [1.29, 1.82) is 0 Å². The number of carbonyl (C=O) groups is 1. The summed E-state index contributed by atoms with van der Waals surface area (Å²) >= 11 is 0. The van der Waals surface area contributed by atoms with E-state index in [0.717, 1.165) is 16.3 Å². The molecule has 1 heterocycles. The van der Waals surface area contributed by atoms with E-state index in [0.29, 0.717) is 6.54 Å². The lowest BCUT2D eigenvalue weighted by Gasteiger charge is -2.25. The smallest absolute Gasteiger partial charge is 0.325 e. The lowest BCUT2D eigenvalue weighted by molar-refractivity contribution is 0.234. The maximum absolute atomic E-state index is 12.4. The van der Waals surface area contributed by atoms with Gasteiger partial charge in [-0.1, -0.05) is 12.1 Å². The summed E-state index contributed by atoms with van der Waals surface area (Å²) in [6.45, 7) is 0.427. The third-order valence-electron chi connectivity index (χ3n) is 4.21. The molecule has 0 fully saturated rings. The Morgan fingerprint density at radius 2 is 1.68 bits per heavy atom. The van der Waals surface area contributed by atoms with Crippen molar-refractivity contribution in [3.05, 3.63) is 60.4 Å². The molecular formula is C19H21N3O3. The van der Waals surface area contributed by atoms with Gasteiger partial charge in [0.1, 0.15) is 11.5 Å². The SMILES string of the molecule is CN(C)C(CNC(=O)n1cc2ccc(O)cc2c1)c1ccc(O)cc1. The number of nitrogens with one attached hydrogen (secondary N) is 1. The fourth-order valence-corrected chi connectivity index (χ4v) is 2.82. The number of amides is 1. The molecule has 3 rings (SSSR count). The molecule has 3 aromatic rings. The number of rotatable bonds is 4. The van der Waals surface area contributed by atoms with Crippen LogP contribution in [-0.4, -0.2) is 46.4 Å². The fraction of sp³-hybridized carbons (Fsp3) is 0.211. The Hall–Kier alpha value is -2.99. The van der Waals surface area contributed by atoms with E-state index >= 15 is 0 Å². The van der Waals surface area contributed by atoms with Gasteiger partial charge in [-0.05, 0) is 50.0 Å². The van der Waals surface area contributed by atoms with Crippen molar-refractivity contribution in [3.8, 4) is 11.5 Å². The van der Waals surface area contributed by atoms with Crippen LogP contribution in [0, 0.1) is 0 Å². The number of likely N-dealkylation sites (N-methyl/N-ethyl adjacent to an activating group) is 1. The van der Waals surface area contributed by atoms with E-state index in [1.807, 2.05) is 31.1 Å². The maximum Gasteiger partial charge on any atom is 0.325 e. The van der Waals surface area contributed by atoms with Gasteiger partial charge < -0.3 is 20.4 Å². The van der Waals surface area contributed by atoms with Crippen LogP contribution in [0.2, 0.25) is 0 Å². The molecule has 1 aromatic heterocycles. The van der Waals surface area contributed by atoms with Crippen molar-refractivity contribution in [1.82, 2.24) is 14.8 Å². The van der Waals surface area contributed by atoms with Gasteiger partial charge in [0.15, 0.2) is 0 Å². The zero-order valence-corrected chi connectivity index (χ0v) is 14.2. The Morgan fingerprint density at radius 3 is 2.36 bits per heavy atom. The van der Waals surface area contributed by atoms with Gasteiger partial charge in [-0.25, -0.2) is 4.79 Å². The number of phenols is 2. The van der Waals surface area contributed by atoms with Gasteiger partial charge in [-0.3, -0.25) is 4.57 Å². The van der Waals surface area contributed by atoms with Gasteiger partial charge in [0.05, 0.1) is 6.04 Å². The maximum atomic E-state index is 12.4. The van der Waals surface area contributed by atoms with Crippen LogP contribution < -0.4 is 5.32 Å². The number of carbonyl (C=O) groups excluding carboxylic acids is 1. The van der Waals surface area contributed by atoms with Crippen LogP contribution in [0.3, 0.4) is 0 Å². The summed E-state index contributed by atoms with van der Waals surface area (Å²) in [6.07, 6.45) is 3.42. The molecule has 0 bridgehead atoms. The molecule has 0 aliphatic rings. The van der Waals surface area contributed by atoms with E-state index < -0.39 is 0 Å². The predicted molar refractivity (Wildman–Crippen MR) is 96.9 cm³/mol. The average Bonchev–Trinajstić information content (AvgIpc) is 2.99. The Bertz CT molecular complexity index is 885. The van der Waals surface area contributed by atoms with Crippen molar-refractivity contribution in [3.63, 3.8) is 0 Å². The molecular weight excluding hydrogens is 318 g/mol. The predicted octanol–water partition coefficient (Wildman–Crippen LogP) is 2.91. The van der Waals surface area contributed by atoms with Crippen LogP contribution in [-0.2, 0) is 0 Å². The van der Waals surface area contributed by atoms with Crippen LogP contribution in [0.5, 0.6) is 11.5 Å². The summed E-state index contributed by atoms with van der Waals surface area (Å²) in [7, 11) is 3.88. The first-order chi connectivity index (χ1) is 11.9. The van der Waals surface area contributed by atoms with Gasteiger partial charge >= 0.3 is 6.03 Å². The molecule has 6 nitrogen and oxygen atoms in total. The minimum Gasteiger partial charge on any atom is -0.508 e. The first kappa shape index (κ1) is 16.9. The second-order valence-corrected chi connectivity index (χ2v) is 6.24. The largest absolute Gasteiger partial charge is 0.508 e. The number of benzene rings is 2. The highest BCUT2D eigenvalue weighted by atomic mass is 16.3. The summed E-state index contributed by atoms with van der Waals surface area (Å²) in [5.41, 5.74) is 1.01. The van der Waals surface area contributed by atoms with Crippen LogP contribution >= 0.6 is 0 Å². The summed E-state index contributed by atoms with van der Waals surface area (Å²) in [6, 6.07) is 11.7. The normalized spacial score (nSPS) is 12.4. The highest BCUT2D eigenvalue weighted by molar-refractivity contribution is 5.89. The molecule has 0 radical (unpaired) electrons. The zero-order chi connectivity index (χ0) is 18.0. The Kier molecular flexibility index (Phi) is 4.63.